The second kappa shape index (κ2) is 8.96. The number of hydrogen-bond donors (Lipinski definition) is 4. The summed E-state index contributed by atoms with van der Waals surface area (Å²) in [5.41, 5.74) is 1.33. The van der Waals surface area contributed by atoms with Crippen LogP contribution >= 0.6 is 0 Å². The number of rotatable bonds is 6. The van der Waals surface area contributed by atoms with Crippen LogP contribution in [-0.4, -0.2) is 29.6 Å². The monoisotopic (exact) mass is 359 g/mol. The van der Waals surface area contributed by atoms with Gasteiger partial charge >= 0.3 is 6.03 Å². The third kappa shape index (κ3) is 5.86. The van der Waals surface area contributed by atoms with Crippen molar-refractivity contribution in [2.24, 2.45) is 0 Å². The average Bonchev–Trinajstić information content (AvgIpc) is 2.59. The molecule has 3 amide bonds. The first-order chi connectivity index (χ1) is 12.3. The maximum Gasteiger partial charge on any atom is 0.319 e. The van der Waals surface area contributed by atoms with Crippen molar-refractivity contribution >= 4 is 17.6 Å². The van der Waals surface area contributed by atoms with Gasteiger partial charge in [0.05, 0.1) is 6.10 Å². The van der Waals surface area contributed by atoms with Gasteiger partial charge < -0.3 is 21.1 Å². The molecule has 0 saturated carbocycles. The molecular weight excluding hydrogens is 337 g/mol. The minimum Gasteiger partial charge on any atom is -0.387 e. The molecule has 0 saturated heterocycles. The highest BCUT2D eigenvalue weighted by Gasteiger charge is 2.12. The number of hydrogen-bond acceptors (Lipinski definition) is 3. The number of carbonyl (C=O) groups is 2. The van der Waals surface area contributed by atoms with E-state index >= 15 is 0 Å². The summed E-state index contributed by atoms with van der Waals surface area (Å²) in [6.45, 7) is 3.66. The quantitative estimate of drug-likeness (QED) is 0.639. The molecule has 0 aliphatic carbocycles. The number of halogens is 1. The van der Waals surface area contributed by atoms with Crippen LogP contribution in [0.15, 0.2) is 48.5 Å². The molecule has 0 fully saturated rings. The molecule has 0 spiro atoms. The molecule has 26 heavy (non-hydrogen) atoms. The van der Waals surface area contributed by atoms with Crippen LogP contribution in [0, 0.1) is 5.82 Å². The number of amides is 3. The van der Waals surface area contributed by atoms with Crippen molar-refractivity contribution in [3.8, 4) is 0 Å². The molecule has 0 aromatic heterocycles. The number of urea groups is 1. The standard InChI is InChI=1S/C19H22FN3O3/c1-12(2)22-19(26)23-16-8-6-13(7-9-16)18(25)21-11-17(24)14-4-3-5-15(20)10-14/h3-10,12,17,24H,11H2,1-2H3,(H,21,25)(H2,22,23,26). The van der Waals surface area contributed by atoms with Gasteiger partial charge in [0.1, 0.15) is 5.82 Å². The van der Waals surface area contributed by atoms with Gasteiger partial charge in [-0.05, 0) is 55.8 Å². The molecule has 7 heteroatoms. The van der Waals surface area contributed by atoms with E-state index in [1.807, 2.05) is 13.8 Å². The number of aliphatic hydroxyl groups is 1. The van der Waals surface area contributed by atoms with Gasteiger partial charge in [-0.1, -0.05) is 12.1 Å². The number of anilines is 1. The fourth-order valence-corrected chi connectivity index (χ4v) is 2.26. The first-order valence-electron chi connectivity index (χ1n) is 8.24. The number of benzene rings is 2. The molecule has 1 unspecified atom stereocenters. The topological polar surface area (TPSA) is 90.5 Å². The number of carbonyl (C=O) groups excluding carboxylic acids is 2. The number of aliphatic hydroxyl groups excluding tert-OH is 1. The van der Waals surface area contributed by atoms with Gasteiger partial charge in [0.15, 0.2) is 0 Å². The van der Waals surface area contributed by atoms with Gasteiger partial charge in [-0.2, -0.15) is 0 Å². The maximum absolute atomic E-state index is 13.2. The normalized spacial score (nSPS) is 11.7. The van der Waals surface area contributed by atoms with Crippen LogP contribution in [0.4, 0.5) is 14.9 Å². The van der Waals surface area contributed by atoms with E-state index in [1.54, 1.807) is 30.3 Å². The summed E-state index contributed by atoms with van der Waals surface area (Å²) in [6, 6.07) is 11.6. The number of nitrogens with one attached hydrogen (secondary N) is 3. The summed E-state index contributed by atoms with van der Waals surface area (Å²) in [6.07, 6.45) is -1.00. The van der Waals surface area contributed by atoms with Crippen LogP contribution in [0.5, 0.6) is 0 Å². The van der Waals surface area contributed by atoms with Gasteiger partial charge in [-0.25, -0.2) is 9.18 Å². The maximum atomic E-state index is 13.2. The van der Waals surface area contributed by atoms with Crippen LogP contribution < -0.4 is 16.0 Å². The van der Waals surface area contributed by atoms with Crippen molar-refractivity contribution in [3.63, 3.8) is 0 Å². The Bertz CT molecular complexity index is 763. The molecule has 6 nitrogen and oxygen atoms in total. The molecule has 4 N–H and O–H groups in total. The highest BCUT2D eigenvalue weighted by molar-refractivity contribution is 5.95. The SMILES string of the molecule is CC(C)NC(=O)Nc1ccc(C(=O)NCC(O)c2cccc(F)c2)cc1. The van der Waals surface area contributed by atoms with E-state index in [1.165, 1.54) is 18.2 Å². The molecule has 0 radical (unpaired) electrons. The van der Waals surface area contributed by atoms with E-state index in [4.69, 9.17) is 0 Å². The second-order valence-corrected chi connectivity index (χ2v) is 6.11. The van der Waals surface area contributed by atoms with Gasteiger partial charge in [0, 0.05) is 23.8 Å². The molecule has 0 aliphatic heterocycles. The Hall–Kier alpha value is -2.93. The van der Waals surface area contributed by atoms with Gasteiger partial charge in [-0.15, -0.1) is 0 Å². The molecule has 0 aliphatic rings. The van der Waals surface area contributed by atoms with E-state index in [0.717, 1.165) is 0 Å². The van der Waals surface area contributed by atoms with E-state index in [2.05, 4.69) is 16.0 Å². The average molecular weight is 359 g/mol. The van der Waals surface area contributed by atoms with Crippen LogP contribution in [0.2, 0.25) is 0 Å². The lowest BCUT2D eigenvalue weighted by molar-refractivity contribution is 0.0916. The molecule has 2 rings (SSSR count). The van der Waals surface area contributed by atoms with Gasteiger partial charge in [-0.3, -0.25) is 4.79 Å². The van der Waals surface area contributed by atoms with Crippen LogP contribution in [0.1, 0.15) is 35.9 Å². The zero-order chi connectivity index (χ0) is 19.1. The van der Waals surface area contributed by atoms with Crippen LogP contribution in [0.25, 0.3) is 0 Å². The smallest absolute Gasteiger partial charge is 0.319 e. The fourth-order valence-electron chi connectivity index (χ4n) is 2.26. The molecule has 2 aromatic carbocycles. The molecule has 1 atom stereocenters. The van der Waals surface area contributed by atoms with Crippen LogP contribution in [0.3, 0.4) is 0 Å². The van der Waals surface area contributed by atoms with E-state index in [-0.39, 0.29) is 24.5 Å². The van der Waals surface area contributed by atoms with E-state index in [9.17, 15) is 19.1 Å². The Kier molecular flexibility index (Phi) is 6.68. The van der Waals surface area contributed by atoms with Crippen molar-refractivity contribution in [3.05, 3.63) is 65.5 Å². The lowest BCUT2D eigenvalue weighted by Crippen LogP contribution is -2.34. The summed E-state index contributed by atoms with van der Waals surface area (Å²) < 4.78 is 13.2. The predicted octanol–water partition coefficient (Wildman–Crippen LogP) is 2.82. The lowest BCUT2D eigenvalue weighted by Gasteiger charge is -2.13. The Balaban J connectivity index is 1.88. The van der Waals surface area contributed by atoms with Gasteiger partial charge in [0.2, 0.25) is 0 Å². The zero-order valence-electron chi connectivity index (χ0n) is 14.6. The Morgan fingerprint density at radius 2 is 1.81 bits per heavy atom. The van der Waals surface area contributed by atoms with Crippen molar-refractivity contribution in [1.82, 2.24) is 10.6 Å². The van der Waals surface area contributed by atoms with Crippen molar-refractivity contribution in [2.45, 2.75) is 26.0 Å². The molecular formula is C19H22FN3O3. The summed E-state index contributed by atoms with van der Waals surface area (Å²) in [4.78, 5) is 23.8. The van der Waals surface area contributed by atoms with Crippen molar-refractivity contribution in [1.29, 1.82) is 0 Å². The first-order valence-corrected chi connectivity index (χ1v) is 8.24. The lowest BCUT2D eigenvalue weighted by atomic mass is 10.1. The third-order valence-corrected chi connectivity index (χ3v) is 3.51. The zero-order valence-corrected chi connectivity index (χ0v) is 14.6. The summed E-state index contributed by atoms with van der Waals surface area (Å²) in [5, 5.41) is 18.0. The highest BCUT2D eigenvalue weighted by Crippen LogP contribution is 2.14. The fraction of sp³-hybridized carbons (Fsp3) is 0.263. The Morgan fingerprint density at radius 1 is 1.12 bits per heavy atom. The molecule has 0 bridgehead atoms. The van der Waals surface area contributed by atoms with E-state index < -0.39 is 11.9 Å². The predicted molar refractivity (Wildman–Crippen MR) is 97.4 cm³/mol. The highest BCUT2D eigenvalue weighted by atomic mass is 19.1. The van der Waals surface area contributed by atoms with Crippen LogP contribution in [-0.2, 0) is 0 Å². The molecule has 138 valence electrons. The first kappa shape index (κ1) is 19.4. The van der Waals surface area contributed by atoms with Gasteiger partial charge in [0.25, 0.3) is 5.91 Å². The summed E-state index contributed by atoms with van der Waals surface area (Å²) >= 11 is 0. The van der Waals surface area contributed by atoms with Crippen molar-refractivity contribution < 1.29 is 19.1 Å². The largest absolute Gasteiger partial charge is 0.387 e. The van der Waals surface area contributed by atoms with E-state index in [0.29, 0.717) is 16.8 Å². The minimum atomic E-state index is -1.00. The Morgan fingerprint density at radius 3 is 2.42 bits per heavy atom. The second-order valence-electron chi connectivity index (χ2n) is 6.11. The summed E-state index contributed by atoms with van der Waals surface area (Å²) in [5.74, 6) is -0.823. The third-order valence-electron chi connectivity index (χ3n) is 3.51. The minimum absolute atomic E-state index is 0.0181. The Labute approximate surface area is 151 Å². The summed E-state index contributed by atoms with van der Waals surface area (Å²) in [7, 11) is 0. The van der Waals surface area contributed by atoms with Crippen molar-refractivity contribution in [2.75, 3.05) is 11.9 Å². The molecule has 2 aromatic rings. The molecule has 0 heterocycles.